The van der Waals surface area contributed by atoms with E-state index >= 15 is 0 Å². The number of carbonyl (C=O) groups is 2. The quantitative estimate of drug-likeness (QED) is 0.788. The summed E-state index contributed by atoms with van der Waals surface area (Å²) in [5, 5.41) is 2.80. The van der Waals surface area contributed by atoms with Crippen molar-refractivity contribution in [1.29, 1.82) is 0 Å². The lowest BCUT2D eigenvalue weighted by Crippen LogP contribution is -2.47. The standard InChI is InChI=1S/C18H22N2O2S2/c21-15(10-4-8-13-6-2-1-3-7-13)20-16(23)12-24-18(20)17(22)14-9-5-11-19-14/h1-3,6-7,14,18-19H,4-5,8-12H2/t14-,18?/m0/s1. The summed E-state index contributed by atoms with van der Waals surface area (Å²) in [6.45, 7) is 0.878. The molecule has 128 valence electrons. The van der Waals surface area contributed by atoms with Crippen LogP contribution in [0.3, 0.4) is 0 Å². The molecule has 0 bridgehead atoms. The number of hydrogen-bond donors (Lipinski definition) is 1. The second-order valence-corrected chi connectivity index (χ2v) is 7.75. The summed E-state index contributed by atoms with van der Waals surface area (Å²) in [5.74, 6) is 0.675. The summed E-state index contributed by atoms with van der Waals surface area (Å²) < 4.78 is 0. The topological polar surface area (TPSA) is 49.4 Å². The summed E-state index contributed by atoms with van der Waals surface area (Å²) in [4.78, 5) is 27.5. The van der Waals surface area contributed by atoms with E-state index in [2.05, 4.69) is 17.4 Å². The van der Waals surface area contributed by atoms with Crippen molar-refractivity contribution in [2.24, 2.45) is 0 Å². The molecule has 0 aliphatic carbocycles. The zero-order chi connectivity index (χ0) is 16.9. The molecule has 1 amide bonds. The normalized spacial score (nSPS) is 23.7. The lowest BCUT2D eigenvalue weighted by Gasteiger charge is -2.24. The Morgan fingerprint density at radius 3 is 2.79 bits per heavy atom. The van der Waals surface area contributed by atoms with E-state index in [4.69, 9.17) is 12.2 Å². The lowest BCUT2D eigenvalue weighted by molar-refractivity contribution is -0.132. The molecule has 1 N–H and O–H groups in total. The number of nitrogens with zero attached hydrogens (tertiary/aromatic N) is 1. The van der Waals surface area contributed by atoms with Gasteiger partial charge in [0.1, 0.15) is 5.37 Å². The lowest BCUT2D eigenvalue weighted by atomic mass is 10.1. The average molecular weight is 363 g/mol. The Hall–Kier alpha value is -1.24. The molecular formula is C18H22N2O2S2. The van der Waals surface area contributed by atoms with E-state index in [0.29, 0.717) is 17.2 Å². The second-order valence-electron chi connectivity index (χ2n) is 6.21. The second kappa shape index (κ2) is 8.23. The van der Waals surface area contributed by atoms with Gasteiger partial charge in [0, 0.05) is 12.2 Å². The molecule has 2 heterocycles. The van der Waals surface area contributed by atoms with Gasteiger partial charge in [0.15, 0.2) is 5.78 Å². The molecule has 2 fully saturated rings. The van der Waals surface area contributed by atoms with Crippen LogP contribution in [0.1, 0.15) is 31.2 Å². The van der Waals surface area contributed by atoms with Gasteiger partial charge in [0.05, 0.1) is 11.0 Å². The maximum absolute atomic E-state index is 12.7. The van der Waals surface area contributed by atoms with Crippen LogP contribution in [0.25, 0.3) is 0 Å². The van der Waals surface area contributed by atoms with E-state index in [0.717, 1.165) is 32.2 Å². The van der Waals surface area contributed by atoms with Crippen LogP contribution in [-0.2, 0) is 16.0 Å². The number of thioether (sulfide) groups is 1. The molecule has 0 radical (unpaired) electrons. The maximum Gasteiger partial charge on any atom is 0.228 e. The Morgan fingerprint density at radius 1 is 1.29 bits per heavy atom. The number of carbonyl (C=O) groups excluding carboxylic acids is 2. The molecule has 2 atom stereocenters. The molecule has 4 nitrogen and oxygen atoms in total. The highest BCUT2D eigenvalue weighted by molar-refractivity contribution is 8.03. The van der Waals surface area contributed by atoms with Gasteiger partial charge in [-0.25, -0.2) is 0 Å². The Bertz CT molecular complexity index is 615. The highest BCUT2D eigenvalue weighted by Crippen LogP contribution is 2.29. The molecule has 24 heavy (non-hydrogen) atoms. The Morgan fingerprint density at radius 2 is 2.08 bits per heavy atom. The van der Waals surface area contributed by atoms with Crippen molar-refractivity contribution < 1.29 is 9.59 Å². The Kier molecular flexibility index (Phi) is 6.03. The zero-order valence-corrected chi connectivity index (χ0v) is 15.2. The summed E-state index contributed by atoms with van der Waals surface area (Å²) in [6.07, 6.45) is 3.94. The largest absolute Gasteiger partial charge is 0.307 e. The summed E-state index contributed by atoms with van der Waals surface area (Å²) >= 11 is 6.83. The van der Waals surface area contributed by atoms with Crippen molar-refractivity contribution in [3.63, 3.8) is 0 Å². The van der Waals surface area contributed by atoms with E-state index in [1.807, 2.05) is 18.2 Å². The van der Waals surface area contributed by atoms with Gasteiger partial charge in [-0.1, -0.05) is 42.5 Å². The molecule has 1 aromatic rings. The van der Waals surface area contributed by atoms with Crippen molar-refractivity contribution in [2.75, 3.05) is 12.3 Å². The predicted octanol–water partition coefficient (Wildman–Crippen LogP) is 2.56. The van der Waals surface area contributed by atoms with E-state index in [9.17, 15) is 9.59 Å². The first-order valence-electron chi connectivity index (χ1n) is 8.44. The highest BCUT2D eigenvalue weighted by atomic mass is 32.2. The van der Waals surface area contributed by atoms with E-state index in [-0.39, 0.29) is 17.7 Å². The van der Waals surface area contributed by atoms with Gasteiger partial charge in [0.25, 0.3) is 0 Å². The number of ketones is 1. The number of Topliss-reactive ketones (excluding diaryl/α,β-unsaturated/α-hetero) is 1. The SMILES string of the molecule is O=C(C1SCC(=S)N1C(=O)CCCc1ccccc1)[C@@H]1CCCN1. The van der Waals surface area contributed by atoms with Crippen LogP contribution in [0.5, 0.6) is 0 Å². The Labute approximate surface area is 152 Å². The smallest absolute Gasteiger partial charge is 0.228 e. The predicted molar refractivity (Wildman–Crippen MR) is 101 cm³/mol. The fourth-order valence-corrected chi connectivity index (χ4v) is 4.85. The number of thiocarbonyl (C=S) groups is 1. The molecule has 2 saturated heterocycles. The fraction of sp³-hybridized carbons (Fsp3) is 0.500. The molecule has 1 unspecified atom stereocenters. The molecule has 0 aromatic heterocycles. The van der Waals surface area contributed by atoms with Crippen LogP contribution in [-0.4, -0.2) is 45.3 Å². The van der Waals surface area contributed by atoms with Crippen LogP contribution in [0.15, 0.2) is 30.3 Å². The molecule has 2 aliphatic rings. The van der Waals surface area contributed by atoms with Crippen molar-refractivity contribution >= 4 is 40.7 Å². The fourth-order valence-electron chi connectivity index (χ4n) is 3.21. The van der Waals surface area contributed by atoms with E-state index in [1.165, 1.54) is 17.3 Å². The average Bonchev–Trinajstić information content (AvgIpc) is 3.25. The van der Waals surface area contributed by atoms with Crippen LogP contribution >= 0.6 is 24.0 Å². The van der Waals surface area contributed by atoms with Gasteiger partial charge < -0.3 is 5.32 Å². The van der Waals surface area contributed by atoms with Crippen LogP contribution in [0, 0.1) is 0 Å². The molecule has 6 heteroatoms. The highest BCUT2D eigenvalue weighted by Gasteiger charge is 2.41. The van der Waals surface area contributed by atoms with Crippen molar-refractivity contribution in [3.05, 3.63) is 35.9 Å². The number of benzene rings is 1. The third kappa shape index (κ3) is 4.05. The monoisotopic (exact) mass is 362 g/mol. The zero-order valence-electron chi connectivity index (χ0n) is 13.6. The number of nitrogens with one attached hydrogen (secondary N) is 1. The minimum absolute atomic E-state index is 0.0164. The van der Waals surface area contributed by atoms with Gasteiger partial charge in [0.2, 0.25) is 5.91 Å². The minimum Gasteiger partial charge on any atom is -0.307 e. The molecule has 0 spiro atoms. The van der Waals surface area contributed by atoms with Crippen LogP contribution in [0.2, 0.25) is 0 Å². The maximum atomic E-state index is 12.7. The first-order valence-corrected chi connectivity index (χ1v) is 9.90. The Balaban J connectivity index is 1.57. The number of amides is 1. The molecule has 3 rings (SSSR count). The number of rotatable bonds is 6. The number of hydrogen-bond acceptors (Lipinski definition) is 5. The third-order valence-corrected chi connectivity index (χ3v) is 6.21. The summed E-state index contributed by atoms with van der Waals surface area (Å²) in [5.41, 5.74) is 1.23. The molecule has 1 aromatic carbocycles. The summed E-state index contributed by atoms with van der Waals surface area (Å²) in [6, 6.07) is 10.0. The molecule has 0 saturated carbocycles. The van der Waals surface area contributed by atoms with Crippen LogP contribution in [0.4, 0.5) is 0 Å². The van der Waals surface area contributed by atoms with Gasteiger partial charge >= 0.3 is 0 Å². The van der Waals surface area contributed by atoms with E-state index in [1.54, 1.807) is 4.90 Å². The molecular weight excluding hydrogens is 340 g/mol. The van der Waals surface area contributed by atoms with Gasteiger partial charge in [-0.2, -0.15) is 0 Å². The van der Waals surface area contributed by atoms with Crippen LogP contribution < -0.4 is 5.32 Å². The van der Waals surface area contributed by atoms with Crippen molar-refractivity contribution in [3.8, 4) is 0 Å². The van der Waals surface area contributed by atoms with Gasteiger partial charge in [-0.05, 0) is 37.8 Å². The van der Waals surface area contributed by atoms with Gasteiger partial charge in [-0.3, -0.25) is 14.5 Å². The van der Waals surface area contributed by atoms with E-state index < -0.39 is 5.37 Å². The van der Waals surface area contributed by atoms with Crippen molar-refractivity contribution in [2.45, 2.75) is 43.5 Å². The first-order chi connectivity index (χ1) is 11.7. The molecule has 2 aliphatic heterocycles. The number of aryl methyl sites for hydroxylation is 1. The summed E-state index contributed by atoms with van der Waals surface area (Å²) in [7, 11) is 0. The van der Waals surface area contributed by atoms with Crippen molar-refractivity contribution in [1.82, 2.24) is 10.2 Å². The van der Waals surface area contributed by atoms with Gasteiger partial charge in [-0.15, -0.1) is 11.8 Å². The third-order valence-electron chi connectivity index (χ3n) is 4.48. The minimum atomic E-state index is -0.433. The first kappa shape index (κ1) is 17.6.